The van der Waals surface area contributed by atoms with Gasteiger partial charge < -0.3 is 20.1 Å². The molecule has 2 N–H and O–H groups in total. The Morgan fingerprint density at radius 2 is 1.79 bits per heavy atom. The second-order valence-corrected chi connectivity index (χ2v) is 10.8. The molecule has 1 unspecified atom stereocenters. The highest BCUT2D eigenvalue weighted by atomic mass is 19.4. The van der Waals surface area contributed by atoms with Crippen LogP contribution in [0.4, 0.5) is 17.6 Å². The van der Waals surface area contributed by atoms with Gasteiger partial charge in [0.05, 0.1) is 0 Å². The fourth-order valence-corrected chi connectivity index (χ4v) is 4.33. The lowest BCUT2D eigenvalue weighted by atomic mass is 9.72. The number of benzene rings is 1. The van der Waals surface area contributed by atoms with Gasteiger partial charge in [0.2, 0.25) is 0 Å². The zero-order valence-electron chi connectivity index (χ0n) is 27.9. The summed E-state index contributed by atoms with van der Waals surface area (Å²) in [4.78, 5) is 6.46. The van der Waals surface area contributed by atoms with Crippen LogP contribution in [0.25, 0.3) is 0 Å². The van der Waals surface area contributed by atoms with Crippen LogP contribution in [0, 0.1) is 12.7 Å². The first-order valence-corrected chi connectivity index (χ1v) is 14.8. The molecule has 0 fully saturated rings. The number of nitrogens with one attached hydrogen (secondary N) is 1. The van der Waals surface area contributed by atoms with Crippen molar-refractivity contribution in [2.24, 2.45) is 4.99 Å². The Kier molecular flexibility index (Phi) is 21.4. The van der Waals surface area contributed by atoms with Crippen LogP contribution in [-0.4, -0.2) is 74.9 Å². The molecule has 9 heteroatoms. The quantitative estimate of drug-likeness (QED) is 0.0923. The van der Waals surface area contributed by atoms with Gasteiger partial charge >= 0.3 is 6.18 Å². The van der Waals surface area contributed by atoms with Crippen molar-refractivity contribution in [3.63, 3.8) is 0 Å². The Morgan fingerprint density at radius 1 is 1.17 bits per heavy atom. The molecular weight excluding hydrogens is 546 g/mol. The van der Waals surface area contributed by atoms with Gasteiger partial charge in [-0.25, -0.2) is 4.39 Å². The van der Waals surface area contributed by atoms with Gasteiger partial charge in [0.15, 0.2) is 5.60 Å². The van der Waals surface area contributed by atoms with E-state index in [1.807, 2.05) is 27.8 Å². The van der Waals surface area contributed by atoms with E-state index in [2.05, 4.69) is 29.2 Å². The average Bonchev–Trinajstić information content (AvgIpc) is 2.93. The summed E-state index contributed by atoms with van der Waals surface area (Å²) in [7, 11) is 5.51. The van der Waals surface area contributed by atoms with Crippen molar-refractivity contribution in [2.45, 2.75) is 98.3 Å². The van der Waals surface area contributed by atoms with Gasteiger partial charge in [-0.2, -0.15) is 13.2 Å². The standard InChI is InChI=1S/C20H27F4NO.C11H24N2O.C2H6/c1-6-7-8-16(25-5)12-19(26,20(22,23)24)13-18(3,4)17-11-15(21)10-9-14(17)2;1-5-14-10-6-8-13(4)9-7-11(2)12-3;1-2/h6-11,25-26H,12-13H2,1-5H3;5-10H2,1-4H3;1-2H3/b7-6+,16-8-;;. The average molecular weight is 604 g/mol. The summed E-state index contributed by atoms with van der Waals surface area (Å²) in [5.74, 6) is -0.516. The maximum Gasteiger partial charge on any atom is 0.417 e. The number of halogens is 4. The highest BCUT2D eigenvalue weighted by molar-refractivity contribution is 5.81. The number of rotatable bonds is 15. The van der Waals surface area contributed by atoms with E-state index in [0.29, 0.717) is 11.1 Å². The third-order valence-electron chi connectivity index (χ3n) is 6.75. The van der Waals surface area contributed by atoms with Crippen molar-refractivity contribution in [3.05, 3.63) is 59.1 Å². The number of aryl methyl sites for hydroxylation is 1. The van der Waals surface area contributed by atoms with Crippen LogP contribution >= 0.6 is 0 Å². The Morgan fingerprint density at radius 3 is 2.29 bits per heavy atom. The smallest absolute Gasteiger partial charge is 0.391 e. The van der Waals surface area contributed by atoms with E-state index in [1.165, 1.54) is 37.0 Å². The van der Waals surface area contributed by atoms with Gasteiger partial charge in [0.25, 0.3) is 0 Å². The van der Waals surface area contributed by atoms with Crippen molar-refractivity contribution < 1.29 is 27.4 Å². The molecule has 0 radical (unpaired) electrons. The van der Waals surface area contributed by atoms with Gasteiger partial charge in [0, 0.05) is 58.2 Å². The van der Waals surface area contributed by atoms with E-state index in [1.54, 1.807) is 39.8 Å². The van der Waals surface area contributed by atoms with Crippen LogP contribution in [0.3, 0.4) is 0 Å². The van der Waals surface area contributed by atoms with Gasteiger partial charge in [-0.15, -0.1) is 0 Å². The van der Waals surface area contributed by atoms with E-state index in [9.17, 15) is 22.7 Å². The maximum atomic E-state index is 13.8. The molecule has 0 aliphatic heterocycles. The van der Waals surface area contributed by atoms with Crippen molar-refractivity contribution >= 4 is 5.71 Å². The zero-order chi connectivity index (χ0) is 33.0. The number of hydrogen-bond donors (Lipinski definition) is 2. The summed E-state index contributed by atoms with van der Waals surface area (Å²) in [6.07, 6.45) is 0.926. The molecule has 0 aromatic heterocycles. The molecule has 1 aromatic carbocycles. The Bertz CT molecular complexity index is 959. The molecule has 0 aliphatic carbocycles. The van der Waals surface area contributed by atoms with E-state index in [4.69, 9.17) is 4.74 Å². The molecule has 1 atom stereocenters. The molecule has 0 amide bonds. The number of nitrogens with zero attached hydrogens (tertiary/aromatic N) is 2. The van der Waals surface area contributed by atoms with E-state index in [0.717, 1.165) is 39.1 Å². The molecule has 0 aliphatic rings. The number of alkyl halides is 3. The second-order valence-electron chi connectivity index (χ2n) is 10.8. The van der Waals surface area contributed by atoms with Crippen molar-refractivity contribution in [1.29, 1.82) is 0 Å². The molecule has 5 nitrogen and oxygen atoms in total. The third kappa shape index (κ3) is 16.4. The van der Waals surface area contributed by atoms with Gasteiger partial charge in [-0.1, -0.05) is 45.9 Å². The SMILES string of the molecule is C/C=C/C=C(/CC(O)(CC(C)(C)c1cc(F)ccc1C)C(F)(F)F)NC.CC.CCOCCCN(C)CCC(C)=NC. The number of allylic oxidation sites excluding steroid dienone is 3. The molecule has 0 saturated carbocycles. The molecule has 0 saturated heterocycles. The van der Waals surface area contributed by atoms with Gasteiger partial charge in [-0.05, 0) is 88.8 Å². The lowest BCUT2D eigenvalue weighted by Crippen LogP contribution is -2.50. The molecule has 0 heterocycles. The Labute approximate surface area is 253 Å². The van der Waals surface area contributed by atoms with E-state index in [-0.39, 0.29) is 5.70 Å². The Hall–Kier alpha value is -2.23. The highest BCUT2D eigenvalue weighted by Crippen LogP contribution is 2.44. The Balaban J connectivity index is 0. The predicted octanol–water partition coefficient (Wildman–Crippen LogP) is 8.02. The highest BCUT2D eigenvalue weighted by Gasteiger charge is 2.56. The summed E-state index contributed by atoms with van der Waals surface area (Å²) in [5, 5.41) is 13.3. The first-order valence-electron chi connectivity index (χ1n) is 14.8. The minimum absolute atomic E-state index is 0.259. The predicted molar refractivity (Wildman–Crippen MR) is 170 cm³/mol. The molecule has 0 bridgehead atoms. The van der Waals surface area contributed by atoms with Crippen LogP contribution in [0.15, 0.2) is 47.1 Å². The second kappa shape index (κ2) is 21.5. The molecule has 0 spiro atoms. The van der Waals surface area contributed by atoms with Crippen molar-refractivity contribution in [3.8, 4) is 0 Å². The summed E-state index contributed by atoms with van der Waals surface area (Å²) in [5.41, 5.74) is -1.43. The number of hydrogen-bond acceptors (Lipinski definition) is 5. The zero-order valence-corrected chi connectivity index (χ0v) is 27.9. The minimum atomic E-state index is -4.84. The summed E-state index contributed by atoms with van der Waals surface area (Å²) in [6, 6.07) is 4.04. The van der Waals surface area contributed by atoms with Gasteiger partial charge in [0.1, 0.15) is 5.82 Å². The monoisotopic (exact) mass is 603 g/mol. The number of aliphatic imine (C=N–C) groups is 1. The van der Waals surface area contributed by atoms with Crippen LogP contribution in [0.5, 0.6) is 0 Å². The fourth-order valence-electron chi connectivity index (χ4n) is 4.33. The lowest BCUT2D eigenvalue weighted by Gasteiger charge is -2.39. The maximum absolute atomic E-state index is 13.8. The van der Waals surface area contributed by atoms with Crippen LogP contribution < -0.4 is 5.32 Å². The third-order valence-corrected chi connectivity index (χ3v) is 6.75. The molecule has 42 heavy (non-hydrogen) atoms. The van der Waals surface area contributed by atoms with Crippen molar-refractivity contribution in [1.82, 2.24) is 10.2 Å². The van der Waals surface area contributed by atoms with Gasteiger partial charge in [-0.3, -0.25) is 4.99 Å². The van der Waals surface area contributed by atoms with Crippen molar-refractivity contribution in [2.75, 3.05) is 47.4 Å². The summed E-state index contributed by atoms with van der Waals surface area (Å²) >= 11 is 0. The first kappa shape index (κ1) is 41.9. The summed E-state index contributed by atoms with van der Waals surface area (Å²) in [6.45, 7) is 18.6. The first-order chi connectivity index (χ1) is 19.6. The summed E-state index contributed by atoms with van der Waals surface area (Å²) < 4.78 is 60.2. The number of aliphatic hydroxyl groups is 1. The molecule has 244 valence electrons. The lowest BCUT2D eigenvalue weighted by molar-refractivity contribution is -0.266. The molecule has 1 aromatic rings. The molecular formula is C33H57F4N3O2. The fraction of sp³-hybridized carbons (Fsp3) is 0.667. The molecule has 1 rings (SSSR count). The van der Waals surface area contributed by atoms with E-state index >= 15 is 0 Å². The van der Waals surface area contributed by atoms with E-state index < -0.39 is 35.9 Å². The largest absolute Gasteiger partial charge is 0.417 e. The van der Waals surface area contributed by atoms with Crippen LogP contribution in [-0.2, 0) is 10.2 Å². The minimum Gasteiger partial charge on any atom is -0.391 e. The normalized spacial score (nSPS) is 14.2. The number of ether oxygens (including phenoxy) is 1. The topological polar surface area (TPSA) is 57.1 Å². The van der Waals surface area contributed by atoms with Crippen LogP contribution in [0.2, 0.25) is 0 Å². The van der Waals surface area contributed by atoms with Crippen LogP contribution in [0.1, 0.15) is 85.3 Å².